The fourth-order valence-corrected chi connectivity index (χ4v) is 2.59. The molecule has 1 aliphatic heterocycles. The molecule has 0 radical (unpaired) electrons. The first-order valence-corrected chi connectivity index (χ1v) is 6.48. The van der Waals surface area contributed by atoms with Gasteiger partial charge in [0.05, 0.1) is 6.04 Å². The van der Waals surface area contributed by atoms with Crippen molar-refractivity contribution in [3.8, 4) is 0 Å². The van der Waals surface area contributed by atoms with Crippen molar-refractivity contribution in [1.82, 2.24) is 4.90 Å². The maximum atomic E-state index is 8.86. The predicted molar refractivity (Wildman–Crippen MR) is 72.6 cm³/mol. The molecule has 18 heavy (non-hydrogen) atoms. The van der Waals surface area contributed by atoms with Crippen molar-refractivity contribution >= 4 is 5.84 Å². The minimum Gasteiger partial charge on any atom is -0.409 e. The number of hydrogen-bond acceptors (Lipinski definition) is 3. The van der Waals surface area contributed by atoms with Crippen molar-refractivity contribution in [3.05, 3.63) is 35.4 Å². The van der Waals surface area contributed by atoms with E-state index < -0.39 is 0 Å². The number of aryl methyl sites for hydroxylation is 1. The van der Waals surface area contributed by atoms with E-state index in [0.717, 1.165) is 25.9 Å². The molecule has 98 valence electrons. The summed E-state index contributed by atoms with van der Waals surface area (Å²) in [5, 5.41) is 12.0. The van der Waals surface area contributed by atoms with Crippen LogP contribution in [0.5, 0.6) is 0 Å². The summed E-state index contributed by atoms with van der Waals surface area (Å²) in [5.74, 6) is 0.336. The van der Waals surface area contributed by atoms with Gasteiger partial charge in [-0.1, -0.05) is 35.8 Å². The third kappa shape index (κ3) is 2.82. The van der Waals surface area contributed by atoms with E-state index in [1.165, 1.54) is 17.5 Å². The molecule has 1 fully saturated rings. The summed E-state index contributed by atoms with van der Waals surface area (Å²) in [4.78, 5) is 2.31. The van der Waals surface area contributed by atoms with Crippen LogP contribution in [0.25, 0.3) is 0 Å². The number of nitrogens with zero attached hydrogens (tertiary/aromatic N) is 2. The highest BCUT2D eigenvalue weighted by molar-refractivity contribution is 5.85. The molecule has 0 bridgehead atoms. The van der Waals surface area contributed by atoms with Crippen LogP contribution < -0.4 is 5.73 Å². The molecule has 1 unspecified atom stereocenters. The van der Waals surface area contributed by atoms with E-state index in [2.05, 4.69) is 41.2 Å². The van der Waals surface area contributed by atoms with Gasteiger partial charge >= 0.3 is 0 Å². The molecule has 0 amide bonds. The van der Waals surface area contributed by atoms with Gasteiger partial charge in [-0.05, 0) is 37.4 Å². The van der Waals surface area contributed by atoms with E-state index in [1.54, 1.807) is 0 Å². The highest BCUT2D eigenvalue weighted by Gasteiger charge is 2.26. The lowest BCUT2D eigenvalue weighted by molar-refractivity contribution is 0.178. The summed E-state index contributed by atoms with van der Waals surface area (Å²) in [5.41, 5.74) is 8.40. The molecule has 1 atom stereocenters. The van der Waals surface area contributed by atoms with Crippen molar-refractivity contribution in [1.29, 1.82) is 0 Å². The minimum absolute atomic E-state index is 0.0726. The van der Waals surface area contributed by atoms with Gasteiger partial charge in [-0.25, -0.2) is 0 Å². The molecule has 0 aromatic heterocycles. The molecule has 4 nitrogen and oxygen atoms in total. The van der Waals surface area contributed by atoms with Gasteiger partial charge in [0.15, 0.2) is 5.84 Å². The van der Waals surface area contributed by atoms with E-state index >= 15 is 0 Å². The maximum Gasteiger partial charge on any atom is 0.156 e. The minimum atomic E-state index is 0.0726. The van der Waals surface area contributed by atoms with Crippen molar-refractivity contribution in [3.63, 3.8) is 0 Å². The molecule has 1 aromatic carbocycles. The van der Waals surface area contributed by atoms with Crippen molar-refractivity contribution in [2.75, 3.05) is 6.54 Å². The standard InChI is InChI=1S/C14H21N3O/c1-11-6-2-3-7-12(11)10-17-9-5-4-8-13(17)14(15)16-18/h2-3,6-7,13,18H,4-5,8-10H2,1H3,(H2,15,16). The zero-order valence-electron chi connectivity index (χ0n) is 10.8. The zero-order valence-corrected chi connectivity index (χ0v) is 10.8. The van der Waals surface area contributed by atoms with Gasteiger partial charge < -0.3 is 10.9 Å². The van der Waals surface area contributed by atoms with Gasteiger partial charge in [0.1, 0.15) is 0 Å². The maximum absolute atomic E-state index is 8.86. The van der Waals surface area contributed by atoms with Gasteiger partial charge in [-0.15, -0.1) is 0 Å². The van der Waals surface area contributed by atoms with Crippen LogP contribution in [0.4, 0.5) is 0 Å². The SMILES string of the molecule is Cc1ccccc1CN1CCCCC1C(N)=NO. The van der Waals surface area contributed by atoms with E-state index in [0.29, 0.717) is 5.84 Å². The van der Waals surface area contributed by atoms with Crippen LogP contribution in [0.2, 0.25) is 0 Å². The normalized spacial score (nSPS) is 22.1. The first-order valence-electron chi connectivity index (χ1n) is 6.48. The van der Waals surface area contributed by atoms with Crippen LogP contribution in [0.3, 0.4) is 0 Å². The highest BCUT2D eigenvalue weighted by Crippen LogP contribution is 2.21. The van der Waals surface area contributed by atoms with Crippen molar-refractivity contribution in [2.45, 2.75) is 38.8 Å². The first-order chi connectivity index (χ1) is 8.72. The fraction of sp³-hybridized carbons (Fsp3) is 0.500. The molecular weight excluding hydrogens is 226 g/mol. The molecule has 2 rings (SSSR count). The average Bonchev–Trinajstić information content (AvgIpc) is 2.41. The Kier molecular flexibility index (Phi) is 4.20. The van der Waals surface area contributed by atoms with E-state index in [4.69, 9.17) is 10.9 Å². The zero-order chi connectivity index (χ0) is 13.0. The topological polar surface area (TPSA) is 61.8 Å². The second-order valence-corrected chi connectivity index (χ2v) is 4.93. The summed E-state index contributed by atoms with van der Waals surface area (Å²) < 4.78 is 0. The molecule has 1 saturated heterocycles. The molecule has 3 N–H and O–H groups in total. The van der Waals surface area contributed by atoms with E-state index in [-0.39, 0.29) is 6.04 Å². The van der Waals surface area contributed by atoms with Gasteiger partial charge in [0.2, 0.25) is 0 Å². The number of amidine groups is 1. The van der Waals surface area contributed by atoms with Crippen molar-refractivity contribution < 1.29 is 5.21 Å². The number of rotatable bonds is 3. The fourth-order valence-electron chi connectivity index (χ4n) is 2.59. The summed E-state index contributed by atoms with van der Waals surface area (Å²) in [7, 11) is 0. The van der Waals surface area contributed by atoms with Gasteiger partial charge in [-0.2, -0.15) is 0 Å². The summed E-state index contributed by atoms with van der Waals surface area (Å²) in [6.45, 7) is 4.00. The number of benzene rings is 1. The monoisotopic (exact) mass is 247 g/mol. The lowest BCUT2D eigenvalue weighted by atomic mass is 9.99. The summed E-state index contributed by atoms with van der Waals surface area (Å²) >= 11 is 0. The molecular formula is C14H21N3O. The second-order valence-electron chi connectivity index (χ2n) is 4.93. The Balaban J connectivity index is 2.13. The average molecular weight is 247 g/mol. The summed E-state index contributed by atoms with van der Waals surface area (Å²) in [6.07, 6.45) is 3.30. The van der Waals surface area contributed by atoms with Gasteiger partial charge in [0.25, 0.3) is 0 Å². The van der Waals surface area contributed by atoms with Crippen molar-refractivity contribution in [2.24, 2.45) is 10.9 Å². The number of hydrogen-bond donors (Lipinski definition) is 2. The smallest absolute Gasteiger partial charge is 0.156 e. The van der Waals surface area contributed by atoms with E-state index in [1.807, 2.05) is 0 Å². The van der Waals surface area contributed by atoms with Crippen LogP contribution in [-0.4, -0.2) is 28.5 Å². The predicted octanol–water partition coefficient (Wildman–Crippen LogP) is 2.10. The first kappa shape index (κ1) is 12.9. The van der Waals surface area contributed by atoms with Crippen LogP contribution in [0, 0.1) is 6.92 Å². The Bertz CT molecular complexity index is 431. The van der Waals surface area contributed by atoms with E-state index in [9.17, 15) is 0 Å². The van der Waals surface area contributed by atoms with Crippen LogP contribution >= 0.6 is 0 Å². The Morgan fingerprint density at radius 1 is 1.44 bits per heavy atom. The lowest BCUT2D eigenvalue weighted by Gasteiger charge is -2.35. The Morgan fingerprint density at radius 2 is 2.22 bits per heavy atom. The Labute approximate surface area is 108 Å². The van der Waals surface area contributed by atoms with Gasteiger partial charge in [-0.3, -0.25) is 4.90 Å². The van der Waals surface area contributed by atoms with Gasteiger partial charge in [0, 0.05) is 6.54 Å². The molecule has 1 aromatic rings. The number of nitrogens with two attached hydrogens (primary N) is 1. The lowest BCUT2D eigenvalue weighted by Crippen LogP contribution is -2.47. The molecule has 0 saturated carbocycles. The highest BCUT2D eigenvalue weighted by atomic mass is 16.4. The second kappa shape index (κ2) is 5.87. The molecule has 0 aliphatic carbocycles. The molecule has 4 heteroatoms. The molecule has 1 aliphatic rings. The number of piperidine rings is 1. The van der Waals surface area contributed by atoms with Crippen LogP contribution in [0.15, 0.2) is 29.4 Å². The quantitative estimate of drug-likeness (QED) is 0.372. The third-order valence-electron chi connectivity index (χ3n) is 3.71. The van der Waals surface area contributed by atoms with Crippen LogP contribution in [0.1, 0.15) is 30.4 Å². The molecule has 0 spiro atoms. The Morgan fingerprint density at radius 3 is 2.94 bits per heavy atom. The number of oxime groups is 1. The number of likely N-dealkylation sites (tertiary alicyclic amines) is 1. The summed E-state index contributed by atoms with van der Waals surface area (Å²) in [6, 6.07) is 8.45. The Hall–Kier alpha value is -1.55. The third-order valence-corrected chi connectivity index (χ3v) is 3.71. The largest absolute Gasteiger partial charge is 0.409 e. The molecule has 1 heterocycles. The van der Waals surface area contributed by atoms with Crippen LogP contribution in [-0.2, 0) is 6.54 Å².